The van der Waals surface area contributed by atoms with Crippen molar-refractivity contribution in [3.05, 3.63) is 47.8 Å². The zero-order valence-electron chi connectivity index (χ0n) is 11.1. The van der Waals surface area contributed by atoms with Gasteiger partial charge in [0, 0.05) is 5.69 Å². The van der Waals surface area contributed by atoms with Crippen molar-refractivity contribution in [1.29, 1.82) is 5.26 Å². The first-order chi connectivity index (χ1) is 10.2. The number of hydrogen-bond acceptors (Lipinski definition) is 5. The van der Waals surface area contributed by atoms with E-state index in [1.165, 1.54) is 23.5 Å². The second-order valence-corrected chi connectivity index (χ2v) is 5.35. The number of aromatic nitrogens is 1. The van der Waals surface area contributed by atoms with Crippen molar-refractivity contribution in [2.45, 2.75) is 0 Å². The lowest BCUT2D eigenvalue weighted by Crippen LogP contribution is -1.91. The van der Waals surface area contributed by atoms with Crippen LogP contribution in [0, 0.1) is 17.1 Å². The number of hydrogen-bond donors (Lipinski definition) is 1. The normalized spacial score (nSPS) is 10.3. The molecule has 0 aliphatic carbocycles. The first kappa shape index (κ1) is 13.3. The van der Waals surface area contributed by atoms with Gasteiger partial charge in [-0.25, -0.2) is 9.37 Å². The minimum atomic E-state index is -0.459. The summed E-state index contributed by atoms with van der Waals surface area (Å²) in [7, 11) is 1.61. The van der Waals surface area contributed by atoms with Crippen LogP contribution in [0.3, 0.4) is 0 Å². The number of fused-ring (bicyclic) bond motifs is 1. The van der Waals surface area contributed by atoms with Crippen LogP contribution >= 0.6 is 11.3 Å². The Morgan fingerprint density at radius 3 is 2.90 bits per heavy atom. The maximum absolute atomic E-state index is 13.4. The zero-order valence-corrected chi connectivity index (χ0v) is 11.9. The fraction of sp³-hybridized carbons (Fsp3) is 0.0667. The topological polar surface area (TPSA) is 57.9 Å². The molecule has 0 bridgehead atoms. The lowest BCUT2D eigenvalue weighted by molar-refractivity contribution is 0.415. The number of benzene rings is 2. The molecule has 3 aromatic rings. The van der Waals surface area contributed by atoms with Crippen LogP contribution in [-0.4, -0.2) is 12.1 Å². The summed E-state index contributed by atoms with van der Waals surface area (Å²) in [5.74, 6) is 0.301. The second-order valence-electron chi connectivity index (χ2n) is 4.32. The fourth-order valence-corrected chi connectivity index (χ4v) is 2.85. The van der Waals surface area contributed by atoms with Gasteiger partial charge in [-0.05, 0) is 36.4 Å². The molecule has 0 aliphatic rings. The van der Waals surface area contributed by atoms with Crippen LogP contribution in [-0.2, 0) is 0 Å². The molecule has 0 amide bonds. The maximum atomic E-state index is 13.4. The molecule has 104 valence electrons. The minimum Gasteiger partial charge on any atom is -0.497 e. The summed E-state index contributed by atoms with van der Waals surface area (Å²) in [5.41, 5.74) is 1.60. The second kappa shape index (κ2) is 5.38. The Bertz CT molecular complexity index is 854. The van der Waals surface area contributed by atoms with Crippen LogP contribution in [0.25, 0.3) is 10.2 Å². The fourth-order valence-electron chi connectivity index (χ4n) is 1.94. The van der Waals surface area contributed by atoms with Crippen LogP contribution in [0.2, 0.25) is 0 Å². The van der Waals surface area contributed by atoms with Gasteiger partial charge in [-0.3, -0.25) is 0 Å². The maximum Gasteiger partial charge on any atom is 0.188 e. The van der Waals surface area contributed by atoms with E-state index in [4.69, 9.17) is 10.00 Å². The first-order valence-corrected chi connectivity index (χ1v) is 6.92. The molecular weight excluding hydrogens is 289 g/mol. The quantitative estimate of drug-likeness (QED) is 0.792. The molecule has 3 rings (SSSR count). The third kappa shape index (κ3) is 2.78. The molecular formula is C15H10FN3OS. The molecule has 0 radical (unpaired) electrons. The lowest BCUT2D eigenvalue weighted by atomic mass is 10.2. The highest BCUT2D eigenvalue weighted by atomic mass is 32.1. The average Bonchev–Trinajstić information content (AvgIpc) is 2.87. The summed E-state index contributed by atoms with van der Waals surface area (Å²) >= 11 is 1.43. The van der Waals surface area contributed by atoms with Gasteiger partial charge in [0.25, 0.3) is 0 Å². The van der Waals surface area contributed by atoms with Crippen LogP contribution in [0.4, 0.5) is 15.2 Å². The van der Waals surface area contributed by atoms with Gasteiger partial charge >= 0.3 is 0 Å². The van der Waals surface area contributed by atoms with Gasteiger partial charge in [0.15, 0.2) is 5.13 Å². The Labute approximate surface area is 124 Å². The molecule has 21 heavy (non-hydrogen) atoms. The molecule has 2 aromatic carbocycles. The molecule has 0 saturated heterocycles. The summed E-state index contributed by atoms with van der Waals surface area (Å²) in [6.45, 7) is 0. The van der Waals surface area contributed by atoms with Crippen molar-refractivity contribution in [3.8, 4) is 11.8 Å². The summed E-state index contributed by atoms with van der Waals surface area (Å²) in [6, 6.07) is 11.6. The van der Waals surface area contributed by atoms with E-state index >= 15 is 0 Å². The van der Waals surface area contributed by atoms with Gasteiger partial charge in [-0.15, -0.1) is 0 Å². The number of methoxy groups -OCH3 is 1. The van der Waals surface area contributed by atoms with E-state index in [1.807, 2.05) is 24.3 Å². The molecule has 0 spiro atoms. The first-order valence-electron chi connectivity index (χ1n) is 6.10. The van der Waals surface area contributed by atoms with E-state index in [2.05, 4.69) is 10.3 Å². The Hall–Kier alpha value is -2.65. The summed E-state index contributed by atoms with van der Waals surface area (Å²) in [4.78, 5) is 4.42. The minimum absolute atomic E-state index is 0.264. The van der Waals surface area contributed by atoms with Crippen LogP contribution in [0.1, 0.15) is 5.56 Å². The molecule has 1 N–H and O–H groups in total. The van der Waals surface area contributed by atoms with E-state index < -0.39 is 5.82 Å². The van der Waals surface area contributed by atoms with E-state index in [1.54, 1.807) is 13.2 Å². The molecule has 0 aliphatic heterocycles. The summed E-state index contributed by atoms with van der Waals surface area (Å²) < 4.78 is 19.5. The molecule has 1 aromatic heterocycles. The summed E-state index contributed by atoms with van der Waals surface area (Å²) in [6.07, 6.45) is 0. The molecule has 6 heteroatoms. The number of nitrogens with zero attached hydrogens (tertiary/aromatic N) is 2. The van der Waals surface area contributed by atoms with Crippen LogP contribution in [0.5, 0.6) is 5.75 Å². The SMILES string of the molecule is COc1ccc2nc(Nc3cc(F)cc(C#N)c3)sc2c1. The monoisotopic (exact) mass is 299 g/mol. The van der Waals surface area contributed by atoms with Crippen LogP contribution < -0.4 is 10.1 Å². The Morgan fingerprint density at radius 1 is 1.29 bits per heavy atom. The van der Waals surface area contributed by atoms with Gasteiger partial charge in [0.05, 0.1) is 29.0 Å². The van der Waals surface area contributed by atoms with Gasteiger partial charge in [0.1, 0.15) is 11.6 Å². The highest BCUT2D eigenvalue weighted by Crippen LogP contribution is 2.31. The Kier molecular flexibility index (Phi) is 3.42. The number of thiazole rings is 1. The van der Waals surface area contributed by atoms with Crippen molar-refractivity contribution >= 4 is 32.4 Å². The van der Waals surface area contributed by atoms with E-state index in [9.17, 15) is 4.39 Å². The van der Waals surface area contributed by atoms with Gasteiger partial charge in [-0.2, -0.15) is 5.26 Å². The molecule has 0 atom stereocenters. The molecule has 0 unspecified atom stereocenters. The third-order valence-electron chi connectivity index (χ3n) is 2.87. The number of nitrogens with one attached hydrogen (secondary N) is 1. The standard InChI is InChI=1S/C15H10FN3OS/c1-20-12-2-3-13-14(7-12)21-15(19-13)18-11-5-9(8-17)4-10(16)6-11/h2-7H,1H3,(H,18,19). The number of rotatable bonds is 3. The molecule has 1 heterocycles. The van der Waals surface area contributed by atoms with Crippen molar-refractivity contribution in [3.63, 3.8) is 0 Å². The van der Waals surface area contributed by atoms with Gasteiger partial charge in [0.2, 0.25) is 0 Å². The van der Waals surface area contributed by atoms with Crippen LogP contribution in [0.15, 0.2) is 36.4 Å². The average molecular weight is 299 g/mol. The molecule has 4 nitrogen and oxygen atoms in total. The van der Waals surface area contributed by atoms with Crippen molar-refractivity contribution in [1.82, 2.24) is 4.98 Å². The molecule has 0 fully saturated rings. The number of ether oxygens (including phenoxy) is 1. The Balaban J connectivity index is 1.94. The largest absolute Gasteiger partial charge is 0.497 e. The number of anilines is 2. The highest BCUT2D eigenvalue weighted by Gasteiger charge is 2.07. The van der Waals surface area contributed by atoms with Crippen molar-refractivity contribution < 1.29 is 9.13 Å². The highest BCUT2D eigenvalue weighted by molar-refractivity contribution is 7.22. The van der Waals surface area contributed by atoms with Crippen molar-refractivity contribution in [2.24, 2.45) is 0 Å². The predicted molar refractivity (Wildman–Crippen MR) is 80.6 cm³/mol. The number of nitriles is 1. The van der Waals surface area contributed by atoms with Gasteiger partial charge < -0.3 is 10.1 Å². The zero-order chi connectivity index (χ0) is 14.8. The Morgan fingerprint density at radius 2 is 2.14 bits per heavy atom. The van der Waals surface area contributed by atoms with Crippen molar-refractivity contribution in [2.75, 3.05) is 12.4 Å². The van der Waals surface area contributed by atoms with E-state index in [0.717, 1.165) is 16.0 Å². The van der Waals surface area contributed by atoms with Gasteiger partial charge in [-0.1, -0.05) is 11.3 Å². The lowest BCUT2D eigenvalue weighted by Gasteiger charge is -2.02. The van der Waals surface area contributed by atoms with E-state index in [-0.39, 0.29) is 5.56 Å². The van der Waals surface area contributed by atoms with E-state index in [0.29, 0.717) is 10.8 Å². The third-order valence-corrected chi connectivity index (χ3v) is 3.81. The molecule has 0 saturated carbocycles. The summed E-state index contributed by atoms with van der Waals surface area (Å²) in [5, 5.41) is 12.5. The number of halogens is 1. The smallest absolute Gasteiger partial charge is 0.188 e. The predicted octanol–water partition coefficient (Wildman–Crippen LogP) is 4.06.